The third-order valence-electron chi connectivity index (χ3n) is 2.83. The Morgan fingerprint density at radius 3 is 2.57 bits per heavy atom. The Morgan fingerprint density at radius 2 is 1.81 bits per heavy atom. The van der Waals surface area contributed by atoms with E-state index >= 15 is 0 Å². The van der Waals surface area contributed by atoms with Crippen LogP contribution in [0.1, 0.15) is 0 Å². The lowest BCUT2D eigenvalue weighted by Crippen LogP contribution is -1.94. The molecule has 0 unspecified atom stereocenters. The highest BCUT2D eigenvalue weighted by Crippen LogP contribution is 2.27. The van der Waals surface area contributed by atoms with Crippen LogP contribution in [0.15, 0.2) is 40.9 Å². The zero-order valence-electron chi connectivity index (χ0n) is 10.5. The molecule has 2 N–H and O–H groups in total. The summed E-state index contributed by atoms with van der Waals surface area (Å²) in [7, 11) is 0. The number of anilines is 1. The van der Waals surface area contributed by atoms with Gasteiger partial charge in [0.25, 0.3) is 5.89 Å². The van der Waals surface area contributed by atoms with Gasteiger partial charge in [-0.1, -0.05) is 17.3 Å². The zero-order chi connectivity index (χ0) is 15.0. The highest BCUT2D eigenvalue weighted by molar-refractivity contribution is 5.63. The Morgan fingerprint density at radius 1 is 1.00 bits per heavy atom. The smallest absolute Gasteiger partial charge is 0.261 e. The van der Waals surface area contributed by atoms with Crippen LogP contribution in [0.4, 0.5) is 18.9 Å². The largest absolute Gasteiger partial charge is 0.396 e. The summed E-state index contributed by atoms with van der Waals surface area (Å²) < 4.78 is 44.9. The topological polar surface area (TPSA) is 64.9 Å². The van der Waals surface area contributed by atoms with Crippen LogP contribution in [0.3, 0.4) is 0 Å². The molecule has 0 fully saturated rings. The molecule has 0 atom stereocenters. The number of benzene rings is 2. The van der Waals surface area contributed by atoms with Gasteiger partial charge in [-0.05, 0) is 18.2 Å². The van der Waals surface area contributed by atoms with Gasteiger partial charge in [-0.3, -0.25) is 0 Å². The molecule has 2 aromatic carbocycles. The minimum atomic E-state index is -0.879. The van der Waals surface area contributed by atoms with Crippen molar-refractivity contribution in [3.63, 3.8) is 0 Å². The highest BCUT2D eigenvalue weighted by Gasteiger charge is 2.17. The number of hydrogen-bond acceptors (Lipinski definition) is 4. The third kappa shape index (κ3) is 2.45. The van der Waals surface area contributed by atoms with Crippen LogP contribution in [0.25, 0.3) is 22.8 Å². The molecule has 7 heteroatoms. The van der Waals surface area contributed by atoms with Crippen molar-refractivity contribution in [2.24, 2.45) is 0 Å². The van der Waals surface area contributed by atoms with E-state index in [1.54, 1.807) is 6.07 Å². The summed E-state index contributed by atoms with van der Waals surface area (Å²) in [5, 5.41) is 3.64. The van der Waals surface area contributed by atoms with E-state index in [0.717, 1.165) is 6.07 Å². The van der Waals surface area contributed by atoms with Crippen molar-refractivity contribution >= 4 is 5.69 Å². The lowest BCUT2D eigenvalue weighted by Gasteiger charge is -2.00. The van der Waals surface area contributed by atoms with Gasteiger partial charge in [0.2, 0.25) is 5.82 Å². The van der Waals surface area contributed by atoms with Crippen molar-refractivity contribution in [2.75, 3.05) is 5.73 Å². The van der Waals surface area contributed by atoms with Crippen LogP contribution in [0, 0.1) is 17.5 Å². The van der Waals surface area contributed by atoms with Crippen molar-refractivity contribution in [3.8, 4) is 22.8 Å². The third-order valence-corrected chi connectivity index (χ3v) is 2.83. The first-order chi connectivity index (χ1) is 10.0. The number of rotatable bonds is 2. The first kappa shape index (κ1) is 13.2. The van der Waals surface area contributed by atoms with E-state index in [-0.39, 0.29) is 23.0 Å². The second kappa shape index (κ2) is 4.93. The van der Waals surface area contributed by atoms with Gasteiger partial charge in [0.05, 0.1) is 11.3 Å². The van der Waals surface area contributed by atoms with Crippen molar-refractivity contribution < 1.29 is 17.7 Å². The minimum Gasteiger partial charge on any atom is -0.396 e. The maximum absolute atomic E-state index is 13.7. The summed E-state index contributed by atoms with van der Waals surface area (Å²) in [6.07, 6.45) is 0. The molecule has 0 amide bonds. The maximum Gasteiger partial charge on any atom is 0.261 e. The van der Waals surface area contributed by atoms with Gasteiger partial charge in [-0.2, -0.15) is 4.98 Å². The summed E-state index contributed by atoms with van der Waals surface area (Å²) >= 11 is 0. The van der Waals surface area contributed by atoms with Crippen LogP contribution < -0.4 is 5.73 Å². The molecule has 1 aromatic heterocycles. The molecule has 0 spiro atoms. The molecule has 0 aliphatic carbocycles. The quantitative estimate of drug-likeness (QED) is 0.735. The SMILES string of the molecule is Nc1cc(-c2nc(-c3cccc(F)c3)no2)c(F)cc1F. The summed E-state index contributed by atoms with van der Waals surface area (Å²) in [6, 6.07) is 7.24. The van der Waals surface area contributed by atoms with E-state index in [2.05, 4.69) is 10.1 Å². The fraction of sp³-hybridized carbons (Fsp3) is 0. The molecule has 0 aliphatic heterocycles. The first-order valence-electron chi connectivity index (χ1n) is 5.89. The van der Waals surface area contributed by atoms with Gasteiger partial charge < -0.3 is 10.3 Å². The molecule has 21 heavy (non-hydrogen) atoms. The van der Waals surface area contributed by atoms with Gasteiger partial charge in [0.1, 0.15) is 17.5 Å². The fourth-order valence-corrected chi connectivity index (χ4v) is 1.81. The first-order valence-corrected chi connectivity index (χ1v) is 5.89. The van der Waals surface area contributed by atoms with E-state index in [9.17, 15) is 13.2 Å². The van der Waals surface area contributed by atoms with Crippen LogP contribution in [0.2, 0.25) is 0 Å². The van der Waals surface area contributed by atoms with Crippen molar-refractivity contribution in [1.82, 2.24) is 10.1 Å². The number of halogens is 3. The van der Waals surface area contributed by atoms with E-state index in [4.69, 9.17) is 10.3 Å². The monoisotopic (exact) mass is 291 g/mol. The van der Waals surface area contributed by atoms with Crippen LogP contribution >= 0.6 is 0 Å². The predicted octanol–water partition coefficient (Wildman–Crippen LogP) is 3.40. The van der Waals surface area contributed by atoms with Gasteiger partial charge >= 0.3 is 0 Å². The summed E-state index contributed by atoms with van der Waals surface area (Å²) in [5.74, 6) is -2.29. The maximum atomic E-state index is 13.7. The molecule has 0 radical (unpaired) electrons. The summed E-state index contributed by atoms with van der Waals surface area (Å²) in [5.41, 5.74) is 5.40. The number of nitrogens with two attached hydrogens (primary N) is 1. The lowest BCUT2D eigenvalue weighted by atomic mass is 10.1. The van der Waals surface area contributed by atoms with Crippen molar-refractivity contribution in [1.29, 1.82) is 0 Å². The van der Waals surface area contributed by atoms with Crippen molar-refractivity contribution in [3.05, 3.63) is 53.8 Å². The molecular weight excluding hydrogens is 283 g/mol. The number of hydrogen-bond donors (Lipinski definition) is 1. The molecule has 0 bridgehead atoms. The molecular formula is C14H8F3N3O. The Balaban J connectivity index is 2.05. The van der Waals surface area contributed by atoms with Crippen LogP contribution in [-0.4, -0.2) is 10.1 Å². The van der Waals surface area contributed by atoms with Gasteiger partial charge in [-0.25, -0.2) is 13.2 Å². The summed E-state index contributed by atoms with van der Waals surface area (Å²) in [6.45, 7) is 0. The van der Waals surface area contributed by atoms with E-state index < -0.39 is 17.5 Å². The molecule has 1 heterocycles. The normalized spacial score (nSPS) is 10.8. The zero-order valence-corrected chi connectivity index (χ0v) is 10.5. The molecule has 0 aliphatic rings. The Bertz CT molecular complexity index is 817. The second-order valence-electron chi connectivity index (χ2n) is 4.29. The Labute approximate surface area is 117 Å². The molecule has 3 aromatic rings. The molecule has 106 valence electrons. The average molecular weight is 291 g/mol. The van der Waals surface area contributed by atoms with E-state index in [0.29, 0.717) is 11.6 Å². The average Bonchev–Trinajstić information content (AvgIpc) is 2.92. The molecule has 0 saturated heterocycles. The van der Waals surface area contributed by atoms with E-state index in [1.165, 1.54) is 18.2 Å². The second-order valence-corrected chi connectivity index (χ2v) is 4.29. The standard InChI is InChI=1S/C14H8F3N3O/c15-8-3-1-2-7(4-8)13-19-14(21-20-13)9-5-12(18)11(17)6-10(9)16/h1-6H,18H2. The minimum absolute atomic E-state index is 0.0896. The predicted molar refractivity (Wildman–Crippen MR) is 69.5 cm³/mol. The summed E-state index contributed by atoms with van der Waals surface area (Å²) in [4.78, 5) is 3.96. The Kier molecular flexibility index (Phi) is 3.09. The van der Waals surface area contributed by atoms with Crippen LogP contribution in [-0.2, 0) is 0 Å². The molecule has 0 saturated carbocycles. The van der Waals surface area contributed by atoms with E-state index in [1.807, 2.05) is 0 Å². The Hall–Kier alpha value is -2.83. The highest BCUT2D eigenvalue weighted by atomic mass is 19.1. The molecule has 4 nitrogen and oxygen atoms in total. The van der Waals surface area contributed by atoms with Crippen molar-refractivity contribution in [2.45, 2.75) is 0 Å². The van der Waals surface area contributed by atoms with Gasteiger partial charge in [-0.15, -0.1) is 0 Å². The molecule has 3 rings (SSSR count). The van der Waals surface area contributed by atoms with Crippen LogP contribution in [0.5, 0.6) is 0 Å². The van der Waals surface area contributed by atoms with Gasteiger partial charge in [0.15, 0.2) is 0 Å². The number of aromatic nitrogens is 2. The lowest BCUT2D eigenvalue weighted by molar-refractivity contribution is 0.429. The fourth-order valence-electron chi connectivity index (χ4n) is 1.81. The number of nitrogens with zero attached hydrogens (tertiary/aromatic N) is 2. The van der Waals surface area contributed by atoms with Gasteiger partial charge in [0, 0.05) is 11.6 Å². The number of nitrogen functional groups attached to an aromatic ring is 1.